The van der Waals surface area contributed by atoms with Crippen LogP contribution in [0.25, 0.3) is 11.3 Å². The van der Waals surface area contributed by atoms with Gasteiger partial charge in [-0.05, 0) is 37.0 Å². The highest BCUT2D eigenvalue weighted by atomic mass is 16.5. The lowest BCUT2D eigenvalue weighted by atomic mass is 9.87. The normalized spacial score (nSPS) is 15.5. The smallest absolute Gasteiger partial charge is 0.260 e. The molecule has 1 atom stereocenters. The van der Waals surface area contributed by atoms with Crippen molar-refractivity contribution in [1.82, 2.24) is 10.1 Å². The van der Waals surface area contributed by atoms with Gasteiger partial charge >= 0.3 is 0 Å². The molecule has 0 saturated carbocycles. The SMILES string of the molecule is Cc1ccc([C@H]2c3ccccc3CCN2C(=O)c2c(-c3ccccc3)noc2C)cc1. The summed E-state index contributed by atoms with van der Waals surface area (Å²) in [6.45, 7) is 4.53. The number of aryl methyl sites for hydroxylation is 2. The number of rotatable bonds is 3. The van der Waals surface area contributed by atoms with Crippen molar-refractivity contribution in [1.29, 1.82) is 0 Å². The predicted octanol–water partition coefficient (Wildman–Crippen LogP) is 5.75. The Bertz CT molecular complexity index is 1230. The summed E-state index contributed by atoms with van der Waals surface area (Å²) in [7, 11) is 0. The Morgan fingerprint density at radius 1 is 0.935 bits per heavy atom. The van der Waals surface area contributed by atoms with Crippen LogP contribution in [0.15, 0.2) is 83.4 Å². The molecular formula is C27H24N2O2. The number of carbonyl (C=O) groups is 1. The first-order valence-corrected chi connectivity index (χ1v) is 10.6. The lowest BCUT2D eigenvalue weighted by Crippen LogP contribution is -2.41. The second kappa shape index (κ2) is 7.88. The van der Waals surface area contributed by atoms with E-state index in [1.807, 2.05) is 48.2 Å². The molecule has 0 saturated heterocycles. The zero-order chi connectivity index (χ0) is 21.4. The molecule has 31 heavy (non-hydrogen) atoms. The third-order valence-electron chi connectivity index (χ3n) is 6.06. The highest BCUT2D eigenvalue weighted by Crippen LogP contribution is 2.37. The first-order valence-electron chi connectivity index (χ1n) is 10.6. The molecule has 1 aromatic heterocycles. The van der Waals surface area contributed by atoms with Crippen molar-refractivity contribution in [3.8, 4) is 11.3 Å². The zero-order valence-corrected chi connectivity index (χ0v) is 17.7. The number of fused-ring (bicyclic) bond motifs is 1. The van der Waals surface area contributed by atoms with Crippen LogP contribution in [0.4, 0.5) is 0 Å². The summed E-state index contributed by atoms with van der Waals surface area (Å²) < 4.78 is 5.49. The monoisotopic (exact) mass is 408 g/mol. The Labute approximate surface area is 182 Å². The molecule has 1 aliphatic rings. The first kappa shape index (κ1) is 19.3. The number of hydrogen-bond acceptors (Lipinski definition) is 3. The van der Waals surface area contributed by atoms with Crippen molar-refractivity contribution >= 4 is 5.91 Å². The van der Waals surface area contributed by atoms with Gasteiger partial charge in [0.15, 0.2) is 0 Å². The van der Waals surface area contributed by atoms with Crippen molar-refractivity contribution in [2.24, 2.45) is 0 Å². The van der Waals surface area contributed by atoms with Gasteiger partial charge in [0, 0.05) is 12.1 Å². The number of hydrogen-bond donors (Lipinski definition) is 0. The van der Waals surface area contributed by atoms with Crippen molar-refractivity contribution in [2.45, 2.75) is 26.3 Å². The fourth-order valence-electron chi connectivity index (χ4n) is 4.45. The van der Waals surface area contributed by atoms with Crippen molar-refractivity contribution in [3.05, 3.63) is 112 Å². The van der Waals surface area contributed by atoms with Crippen LogP contribution in [0.3, 0.4) is 0 Å². The third kappa shape index (κ3) is 3.44. The molecule has 154 valence electrons. The molecule has 0 bridgehead atoms. The number of amides is 1. The Morgan fingerprint density at radius 2 is 1.65 bits per heavy atom. The molecule has 4 aromatic rings. The molecule has 3 aromatic carbocycles. The highest BCUT2D eigenvalue weighted by molar-refractivity contribution is 6.01. The van der Waals surface area contributed by atoms with Crippen LogP contribution in [0.1, 0.15) is 44.4 Å². The van der Waals surface area contributed by atoms with Gasteiger partial charge in [0.2, 0.25) is 0 Å². The topological polar surface area (TPSA) is 46.3 Å². The van der Waals surface area contributed by atoms with Gasteiger partial charge < -0.3 is 9.42 Å². The van der Waals surface area contributed by atoms with Crippen LogP contribution in [0, 0.1) is 13.8 Å². The standard InChI is InChI=1S/C27H24N2O2/c1-18-12-14-22(15-13-18)26-23-11-7-6-8-20(23)16-17-29(26)27(30)24-19(2)31-28-25(24)21-9-4-3-5-10-21/h3-15,26H,16-17H2,1-2H3/t26-/m0/s1. The van der Waals surface area contributed by atoms with E-state index in [0.29, 0.717) is 23.6 Å². The van der Waals surface area contributed by atoms with Gasteiger partial charge in [-0.25, -0.2) is 0 Å². The molecule has 1 amide bonds. The van der Waals surface area contributed by atoms with Crippen LogP contribution in [-0.2, 0) is 6.42 Å². The van der Waals surface area contributed by atoms with Gasteiger partial charge in [0.25, 0.3) is 5.91 Å². The first-order chi connectivity index (χ1) is 15.1. The molecule has 0 unspecified atom stereocenters. The average molecular weight is 409 g/mol. The van der Waals surface area contributed by atoms with Crippen LogP contribution in [-0.4, -0.2) is 22.5 Å². The number of aromatic nitrogens is 1. The van der Waals surface area contributed by atoms with E-state index in [1.54, 1.807) is 0 Å². The van der Waals surface area contributed by atoms with E-state index in [0.717, 1.165) is 17.5 Å². The van der Waals surface area contributed by atoms with Crippen molar-refractivity contribution in [3.63, 3.8) is 0 Å². The second-order valence-corrected chi connectivity index (χ2v) is 8.09. The Hall–Kier alpha value is -3.66. The van der Waals surface area contributed by atoms with E-state index in [9.17, 15) is 4.79 Å². The summed E-state index contributed by atoms with van der Waals surface area (Å²) in [5.41, 5.74) is 6.82. The van der Waals surface area contributed by atoms with E-state index in [1.165, 1.54) is 16.7 Å². The summed E-state index contributed by atoms with van der Waals surface area (Å²) in [4.78, 5) is 15.9. The number of nitrogens with zero attached hydrogens (tertiary/aromatic N) is 2. The Kier molecular flexibility index (Phi) is 4.91. The van der Waals surface area contributed by atoms with E-state index in [4.69, 9.17) is 4.52 Å². The molecule has 0 fully saturated rings. The summed E-state index contributed by atoms with van der Waals surface area (Å²) >= 11 is 0. The third-order valence-corrected chi connectivity index (χ3v) is 6.06. The van der Waals surface area contributed by atoms with Gasteiger partial charge in [0.05, 0.1) is 6.04 Å². The van der Waals surface area contributed by atoms with Crippen LogP contribution < -0.4 is 0 Å². The Balaban J connectivity index is 1.62. The largest absolute Gasteiger partial charge is 0.360 e. The Morgan fingerprint density at radius 3 is 2.42 bits per heavy atom. The van der Waals surface area contributed by atoms with Gasteiger partial charge in [-0.1, -0.05) is 89.6 Å². The van der Waals surface area contributed by atoms with E-state index in [-0.39, 0.29) is 11.9 Å². The summed E-state index contributed by atoms with van der Waals surface area (Å²) in [5.74, 6) is 0.503. The molecule has 1 aliphatic heterocycles. The number of carbonyl (C=O) groups excluding carboxylic acids is 1. The van der Waals surface area contributed by atoms with Crippen LogP contribution in [0.5, 0.6) is 0 Å². The fourth-order valence-corrected chi connectivity index (χ4v) is 4.45. The maximum atomic E-state index is 14.0. The maximum absolute atomic E-state index is 14.0. The molecule has 4 heteroatoms. The van der Waals surface area contributed by atoms with E-state index >= 15 is 0 Å². The molecular weight excluding hydrogens is 384 g/mol. The maximum Gasteiger partial charge on any atom is 0.260 e. The number of benzene rings is 3. The molecule has 2 heterocycles. The van der Waals surface area contributed by atoms with Gasteiger partial charge in [-0.3, -0.25) is 4.79 Å². The molecule has 5 rings (SSSR count). The lowest BCUT2D eigenvalue weighted by molar-refractivity contribution is 0.0693. The highest BCUT2D eigenvalue weighted by Gasteiger charge is 2.35. The van der Waals surface area contributed by atoms with Crippen LogP contribution >= 0.6 is 0 Å². The lowest BCUT2D eigenvalue weighted by Gasteiger charge is -2.38. The molecule has 4 nitrogen and oxygen atoms in total. The predicted molar refractivity (Wildman–Crippen MR) is 121 cm³/mol. The van der Waals surface area contributed by atoms with Crippen molar-refractivity contribution in [2.75, 3.05) is 6.54 Å². The minimum Gasteiger partial charge on any atom is -0.360 e. The molecule has 0 N–H and O–H groups in total. The van der Waals surface area contributed by atoms with E-state index in [2.05, 4.69) is 54.5 Å². The van der Waals surface area contributed by atoms with Crippen LogP contribution in [0.2, 0.25) is 0 Å². The minimum atomic E-state index is -0.143. The molecule has 0 spiro atoms. The molecule has 0 aliphatic carbocycles. The van der Waals surface area contributed by atoms with E-state index < -0.39 is 0 Å². The van der Waals surface area contributed by atoms with Crippen molar-refractivity contribution < 1.29 is 9.32 Å². The summed E-state index contributed by atoms with van der Waals surface area (Å²) in [5, 5.41) is 4.23. The summed E-state index contributed by atoms with van der Waals surface area (Å²) in [6, 6.07) is 26.5. The minimum absolute atomic E-state index is 0.0438. The van der Waals surface area contributed by atoms with Gasteiger partial charge in [0.1, 0.15) is 17.0 Å². The van der Waals surface area contributed by atoms with Gasteiger partial charge in [-0.2, -0.15) is 0 Å². The summed E-state index contributed by atoms with van der Waals surface area (Å²) in [6.07, 6.45) is 0.829. The fraction of sp³-hybridized carbons (Fsp3) is 0.185. The quantitative estimate of drug-likeness (QED) is 0.434. The second-order valence-electron chi connectivity index (χ2n) is 8.09. The average Bonchev–Trinajstić information content (AvgIpc) is 3.20. The zero-order valence-electron chi connectivity index (χ0n) is 17.7. The van der Waals surface area contributed by atoms with Gasteiger partial charge in [-0.15, -0.1) is 0 Å². The molecule has 0 radical (unpaired) electrons.